The van der Waals surface area contributed by atoms with Gasteiger partial charge in [0.2, 0.25) is 0 Å². The van der Waals surface area contributed by atoms with Crippen LogP contribution in [0.15, 0.2) is 24.3 Å². The van der Waals surface area contributed by atoms with Crippen LogP contribution in [0.4, 0.5) is 0 Å². The molecule has 344 valence electrons. The Hall–Kier alpha value is -1.43. The van der Waals surface area contributed by atoms with Crippen LogP contribution in [0.5, 0.6) is 23.0 Å². The number of likely N-dealkylation sites (N-methyl/N-ethyl adjacent to an activating group) is 2. The molecule has 14 rings (SSSR count). The Morgan fingerprint density at radius 1 is 0.635 bits per heavy atom. The molecular formula is C52H80AlLiN2O7. The third-order valence-corrected chi connectivity index (χ3v) is 21.4. The summed E-state index contributed by atoms with van der Waals surface area (Å²) in [5.41, 5.74) is 1.26. The molecule has 2 unspecified atom stereocenters. The van der Waals surface area contributed by atoms with Crippen molar-refractivity contribution in [3.05, 3.63) is 46.5 Å². The van der Waals surface area contributed by atoms with Gasteiger partial charge in [-0.1, -0.05) is 68.0 Å². The zero-order valence-corrected chi connectivity index (χ0v) is 39.2. The van der Waals surface area contributed by atoms with Crippen LogP contribution in [0, 0.1) is 38.9 Å². The number of piperidine rings is 2. The number of phenolic OH excluding ortho intramolecular Hbond substituents is 2. The van der Waals surface area contributed by atoms with Crippen molar-refractivity contribution in [2.24, 2.45) is 38.9 Å². The molecule has 11 heteroatoms. The molecule has 8 fully saturated rings. The minimum Gasteiger partial charge on any atom is -1.00 e. The Balaban J connectivity index is 0.000000180. The molecule has 6 saturated carbocycles. The van der Waals surface area contributed by atoms with Gasteiger partial charge in [-0.05, 0) is 145 Å². The summed E-state index contributed by atoms with van der Waals surface area (Å²) in [4.78, 5) is 5.10. The Bertz CT molecular complexity index is 2080. The first-order valence-electron chi connectivity index (χ1n) is 23.4. The monoisotopic (exact) mass is 879 g/mol. The maximum absolute atomic E-state index is 12.3. The Labute approximate surface area is 401 Å². The molecule has 14 atom stereocenters. The Morgan fingerprint density at radius 2 is 1.05 bits per heavy atom. The van der Waals surface area contributed by atoms with Gasteiger partial charge < -0.3 is 46.2 Å². The van der Waals surface area contributed by atoms with Gasteiger partial charge >= 0.3 is 18.9 Å². The van der Waals surface area contributed by atoms with Crippen LogP contribution in [-0.4, -0.2) is 121 Å². The molecule has 12 aliphatic rings. The molecule has 2 saturated heterocycles. The first-order valence-corrected chi connectivity index (χ1v) is 23.4. The van der Waals surface area contributed by atoms with Crippen molar-refractivity contribution in [1.29, 1.82) is 0 Å². The van der Waals surface area contributed by atoms with E-state index in [1.165, 1.54) is 28.7 Å². The van der Waals surface area contributed by atoms with E-state index in [9.17, 15) is 25.5 Å². The van der Waals surface area contributed by atoms with E-state index in [1.54, 1.807) is 6.07 Å². The normalized spacial score (nSPS) is 43.5. The van der Waals surface area contributed by atoms with Crippen molar-refractivity contribution < 1.29 is 55.3 Å². The number of hydrogen-bond donors (Lipinski definition) is 5. The number of aliphatic hydroxyl groups is 3. The number of rotatable bonds is 2. The molecule has 2 aromatic carbocycles. The zero-order valence-electron chi connectivity index (χ0n) is 40.2. The number of hydrogen-bond acceptors (Lipinski definition) is 9. The molecule has 63 heavy (non-hydrogen) atoms. The van der Waals surface area contributed by atoms with E-state index in [2.05, 4.69) is 91.4 Å². The van der Waals surface area contributed by atoms with E-state index in [1.807, 2.05) is 13.0 Å². The summed E-state index contributed by atoms with van der Waals surface area (Å²) in [5.74, 6) is 1.74. The van der Waals surface area contributed by atoms with Gasteiger partial charge in [-0.25, -0.2) is 0 Å². The summed E-state index contributed by atoms with van der Waals surface area (Å²) in [6.45, 7) is 21.1. The predicted molar refractivity (Wildman–Crippen MR) is 248 cm³/mol. The van der Waals surface area contributed by atoms with Gasteiger partial charge in [-0.3, -0.25) is 0 Å². The molecule has 9 nitrogen and oxygen atoms in total. The number of benzene rings is 2. The number of phenols is 2. The van der Waals surface area contributed by atoms with Gasteiger partial charge in [0.1, 0.15) is 17.8 Å². The van der Waals surface area contributed by atoms with E-state index in [0.29, 0.717) is 30.0 Å². The summed E-state index contributed by atoms with van der Waals surface area (Å²) >= 11 is 0. The summed E-state index contributed by atoms with van der Waals surface area (Å²) in [5, 5.41) is 57.7. The minimum atomic E-state index is -1.11. The number of ether oxygens (including phenoxy) is 2. The first-order chi connectivity index (χ1) is 27.8. The quantitative estimate of drug-likeness (QED) is 0.287. The molecule has 8 aliphatic carbocycles. The van der Waals surface area contributed by atoms with Gasteiger partial charge in [0.05, 0.1) is 11.2 Å². The summed E-state index contributed by atoms with van der Waals surface area (Å²) in [6, 6.07) is 8.64. The number of likely N-dealkylation sites (tertiary alicyclic amines) is 2. The van der Waals surface area contributed by atoms with Crippen molar-refractivity contribution in [2.45, 2.75) is 186 Å². The molecule has 0 radical (unpaired) electrons. The molecule has 5 N–H and O–H groups in total. The molecule has 8 bridgehead atoms. The second kappa shape index (κ2) is 13.9. The van der Waals surface area contributed by atoms with E-state index in [-0.39, 0.29) is 107 Å². The van der Waals surface area contributed by atoms with E-state index < -0.39 is 22.9 Å². The van der Waals surface area contributed by atoms with Gasteiger partial charge in [0.15, 0.2) is 40.4 Å². The van der Waals surface area contributed by atoms with Gasteiger partial charge in [-0.15, -0.1) is 0 Å². The largest absolute Gasteiger partial charge is 1.00 e. The van der Waals surface area contributed by atoms with Crippen LogP contribution in [0.2, 0.25) is 0 Å². The van der Waals surface area contributed by atoms with Crippen LogP contribution in [-0.2, 0) is 23.7 Å². The van der Waals surface area contributed by atoms with Gasteiger partial charge in [0, 0.05) is 56.2 Å². The molecule has 4 heterocycles. The average molecular weight is 879 g/mol. The summed E-state index contributed by atoms with van der Waals surface area (Å²) in [6.07, 6.45) is 9.35. The van der Waals surface area contributed by atoms with Crippen molar-refractivity contribution in [1.82, 2.24) is 9.80 Å². The van der Waals surface area contributed by atoms with Crippen LogP contribution < -0.4 is 28.3 Å². The Kier molecular flexibility index (Phi) is 10.6. The average Bonchev–Trinajstić information content (AvgIpc) is 3.73. The zero-order chi connectivity index (χ0) is 43.0. The van der Waals surface area contributed by atoms with E-state index in [0.717, 1.165) is 70.2 Å². The number of nitrogens with zero attached hydrogens (tertiary/aromatic N) is 2. The van der Waals surface area contributed by atoms with Crippen LogP contribution in [0.25, 0.3) is 0 Å². The molecule has 2 aromatic rings. The van der Waals surface area contributed by atoms with Gasteiger partial charge in [0.25, 0.3) is 0 Å². The van der Waals surface area contributed by atoms with Crippen LogP contribution >= 0.6 is 0 Å². The third-order valence-electron chi connectivity index (χ3n) is 21.4. The Morgan fingerprint density at radius 3 is 1.52 bits per heavy atom. The van der Waals surface area contributed by atoms with Crippen molar-refractivity contribution in [3.8, 4) is 23.0 Å². The molecule has 0 aromatic heterocycles. The fourth-order valence-corrected chi connectivity index (χ4v) is 17.5. The van der Waals surface area contributed by atoms with Crippen LogP contribution in [0.3, 0.4) is 0 Å². The van der Waals surface area contributed by atoms with Crippen molar-refractivity contribution in [2.75, 3.05) is 27.2 Å². The first kappa shape index (κ1) is 48.0. The predicted octanol–water partition coefficient (Wildman–Crippen LogP) is 3.80. The maximum Gasteiger partial charge on any atom is 1.00 e. The maximum atomic E-state index is 12.3. The number of fused-ring (bicyclic) bond motifs is 4. The smallest absolute Gasteiger partial charge is 1.00 e. The number of aromatic hydroxyl groups is 2. The molecule has 0 amide bonds. The molecule has 4 spiro atoms. The third kappa shape index (κ3) is 5.17. The van der Waals surface area contributed by atoms with Crippen molar-refractivity contribution in [3.63, 3.8) is 0 Å². The fraction of sp³-hybridized carbons (Fsp3) is 0.769. The fourth-order valence-electron chi connectivity index (χ4n) is 17.5. The van der Waals surface area contributed by atoms with Crippen LogP contribution in [0.1, 0.15) is 145 Å². The second-order valence-corrected chi connectivity index (χ2v) is 24.9. The van der Waals surface area contributed by atoms with E-state index in [4.69, 9.17) is 9.47 Å². The summed E-state index contributed by atoms with van der Waals surface area (Å²) < 4.78 is 13.4. The molecule has 4 aliphatic heterocycles. The van der Waals surface area contributed by atoms with E-state index >= 15 is 0 Å². The minimum absolute atomic E-state index is 0. The SMILES string of the molecule is C.CN1CC[C@]23c4c5ccc(O)c4O[C@H]2[C@@]2(C)CCC3(C[C@@H]2[C@](C)(O)C(C)(C)C)[C@H]1C5.CN1CC[C@]23c4c5ccc(O)c4O[C@H]2[C@@]2(O)CCC3(C[C@@H]2[C@](C)(O)C(C)(C)C)[C@H]1C5.[AlH3].[H-].[Li+]. The van der Waals surface area contributed by atoms with Gasteiger partial charge in [-0.2, -0.15) is 0 Å². The summed E-state index contributed by atoms with van der Waals surface area (Å²) in [7, 11) is 4.53. The topological polar surface area (TPSA) is 126 Å². The standard InChI is InChI=1S/C26H37NO3.C25H35NO4.CH4.Al.Li.4H/c1-22(2,3)24(5,29)17-14-25-10-9-23(17,4)21-26(25)11-12-27(6)18(25)13-15-7-8-16(28)20(30-21)19(15)26;1-21(2,3)22(4,28)16-13-23-8-9-25(16,29)20-24(23)10-11-26(5)17(23)12-14-6-7-15(27)19(30-20)18(14)24;;;;;;;/h7-8,17-18,21,28-29H,9-14H2,1-6H3;6-7,16-17,20,27-29H,8-13H2,1-5H3;1H4;;;;;;/q;;;;+1;;;;-1/t17-,18+,21-,23-,24-,25?,26-;16-,17-,20-,22+,23?,24+,25-;;;;;;;/m01......./s1. The molecular weight excluding hydrogens is 799 g/mol. The van der Waals surface area contributed by atoms with Crippen molar-refractivity contribution >= 4 is 17.4 Å². The second-order valence-electron chi connectivity index (χ2n) is 24.9.